The van der Waals surface area contributed by atoms with Crippen molar-refractivity contribution in [2.45, 2.75) is 19.8 Å². The largest absolute Gasteiger partial charge is 0.357 e. The highest BCUT2D eigenvalue weighted by Gasteiger charge is 2.08. The molecule has 0 aliphatic carbocycles. The smallest absolute Gasteiger partial charge is 0.0468 e. The first-order valence-corrected chi connectivity index (χ1v) is 6.49. The molecule has 86 valence electrons. The van der Waals surface area contributed by atoms with Gasteiger partial charge in [-0.1, -0.05) is 13.0 Å². The van der Waals surface area contributed by atoms with Gasteiger partial charge in [0.25, 0.3) is 0 Å². The minimum Gasteiger partial charge on any atom is -0.357 e. The highest BCUT2D eigenvalue weighted by Crippen LogP contribution is 2.29. The van der Waals surface area contributed by atoms with E-state index in [4.69, 9.17) is 0 Å². The summed E-state index contributed by atoms with van der Waals surface area (Å²) in [5.74, 6) is 0. The fourth-order valence-electron chi connectivity index (χ4n) is 1.90. The van der Waals surface area contributed by atoms with Crippen LogP contribution in [0.2, 0.25) is 0 Å². The van der Waals surface area contributed by atoms with Crippen molar-refractivity contribution in [2.24, 2.45) is 0 Å². The van der Waals surface area contributed by atoms with Crippen molar-refractivity contribution in [1.82, 2.24) is 10.3 Å². The average Bonchev–Trinajstić information content (AvgIpc) is 2.63. The lowest BCUT2D eigenvalue weighted by Gasteiger charge is -1.97. The maximum Gasteiger partial charge on any atom is 0.0468 e. The summed E-state index contributed by atoms with van der Waals surface area (Å²) < 4.78 is 1.22. The van der Waals surface area contributed by atoms with Crippen LogP contribution in [0, 0.1) is 0 Å². The molecule has 3 heteroatoms. The average molecular weight is 281 g/mol. The molecule has 0 saturated carbocycles. The van der Waals surface area contributed by atoms with Gasteiger partial charge in [-0.25, -0.2) is 0 Å². The first-order chi connectivity index (χ1) is 7.76. The van der Waals surface area contributed by atoms with Crippen LogP contribution in [-0.4, -0.2) is 18.6 Å². The van der Waals surface area contributed by atoms with Crippen molar-refractivity contribution in [3.63, 3.8) is 0 Å². The van der Waals surface area contributed by atoms with E-state index in [0.29, 0.717) is 0 Å². The molecule has 0 amide bonds. The molecule has 1 heterocycles. The van der Waals surface area contributed by atoms with Crippen LogP contribution >= 0.6 is 15.9 Å². The van der Waals surface area contributed by atoms with Gasteiger partial charge in [-0.05, 0) is 47.1 Å². The highest BCUT2D eigenvalue weighted by atomic mass is 79.9. The summed E-state index contributed by atoms with van der Waals surface area (Å²) in [6.07, 6.45) is 2.10. The highest BCUT2D eigenvalue weighted by molar-refractivity contribution is 9.10. The molecule has 0 bridgehead atoms. The zero-order valence-electron chi connectivity index (χ0n) is 9.73. The Kier molecular flexibility index (Phi) is 3.66. The number of rotatable bonds is 4. The topological polar surface area (TPSA) is 27.8 Å². The fraction of sp³-hybridized carbons (Fsp3) is 0.385. The van der Waals surface area contributed by atoms with Crippen LogP contribution in [0.15, 0.2) is 22.7 Å². The molecule has 2 nitrogen and oxygen atoms in total. The van der Waals surface area contributed by atoms with Crippen molar-refractivity contribution < 1.29 is 0 Å². The lowest BCUT2D eigenvalue weighted by atomic mass is 10.1. The van der Waals surface area contributed by atoms with Crippen molar-refractivity contribution in [2.75, 3.05) is 13.6 Å². The maximum atomic E-state index is 3.69. The number of likely N-dealkylation sites (N-methyl/N-ethyl adjacent to an activating group) is 1. The van der Waals surface area contributed by atoms with E-state index in [9.17, 15) is 0 Å². The lowest BCUT2D eigenvalue weighted by Crippen LogP contribution is -2.10. The van der Waals surface area contributed by atoms with Crippen LogP contribution in [0.25, 0.3) is 10.9 Å². The summed E-state index contributed by atoms with van der Waals surface area (Å²) >= 11 is 3.69. The van der Waals surface area contributed by atoms with E-state index in [-0.39, 0.29) is 0 Å². The molecule has 1 aromatic carbocycles. The van der Waals surface area contributed by atoms with Crippen molar-refractivity contribution >= 4 is 26.8 Å². The zero-order chi connectivity index (χ0) is 11.5. The molecule has 0 unspecified atom stereocenters. The summed E-state index contributed by atoms with van der Waals surface area (Å²) in [5, 5.41) is 4.47. The summed E-state index contributed by atoms with van der Waals surface area (Å²) in [6, 6.07) is 6.62. The Labute approximate surface area is 105 Å². The molecule has 0 radical (unpaired) electrons. The van der Waals surface area contributed by atoms with Gasteiger partial charge < -0.3 is 10.3 Å². The number of nitrogens with one attached hydrogen (secondary N) is 2. The number of fused-ring (bicyclic) bond motifs is 1. The van der Waals surface area contributed by atoms with Gasteiger partial charge in [0, 0.05) is 34.0 Å². The number of aromatic nitrogens is 1. The second-order valence-corrected chi connectivity index (χ2v) is 4.80. The summed E-state index contributed by atoms with van der Waals surface area (Å²) in [5.41, 5.74) is 3.88. The van der Waals surface area contributed by atoms with Crippen LogP contribution < -0.4 is 5.32 Å². The first kappa shape index (κ1) is 11.7. The molecule has 2 rings (SSSR count). The number of hydrogen-bond donors (Lipinski definition) is 2. The molecule has 0 spiro atoms. The van der Waals surface area contributed by atoms with Gasteiger partial charge in [0.05, 0.1) is 0 Å². The summed E-state index contributed by atoms with van der Waals surface area (Å²) in [6.45, 7) is 3.18. The van der Waals surface area contributed by atoms with Gasteiger partial charge in [-0.2, -0.15) is 0 Å². The van der Waals surface area contributed by atoms with Crippen LogP contribution in [0.4, 0.5) is 0 Å². The van der Waals surface area contributed by atoms with Crippen molar-refractivity contribution in [3.05, 3.63) is 33.9 Å². The van der Waals surface area contributed by atoms with E-state index >= 15 is 0 Å². The molecule has 2 aromatic rings. The minimum absolute atomic E-state index is 0.992. The van der Waals surface area contributed by atoms with Crippen LogP contribution in [-0.2, 0) is 12.8 Å². The molecule has 16 heavy (non-hydrogen) atoms. The van der Waals surface area contributed by atoms with Gasteiger partial charge >= 0.3 is 0 Å². The second kappa shape index (κ2) is 5.02. The van der Waals surface area contributed by atoms with Crippen LogP contribution in [0.3, 0.4) is 0 Å². The van der Waals surface area contributed by atoms with E-state index < -0.39 is 0 Å². The second-order valence-electron chi connectivity index (χ2n) is 4.00. The van der Waals surface area contributed by atoms with Gasteiger partial charge in [0.2, 0.25) is 0 Å². The van der Waals surface area contributed by atoms with Crippen molar-refractivity contribution in [1.29, 1.82) is 0 Å². The monoisotopic (exact) mass is 280 g/mol. The Balaban J connectivity index is 2.42. The predicted molar refractivity (Wildman–Crippen MR) is 73.0 cm³/mol. The summed E-state index contributed by atoms with van der Waals surface area (Å²) in [4.78, 5) is 3.46. The van der Waals surface area contributed by atoms with E-state index in [1.54, 1.807) is 0 Å². The van der Waals surface area contributed by atoms with Gasteiger partial charge in [-0.3, -0.25) is 0 Å². The Morgan fingerprint density at radius 2 is 2.19 bits per heavy atom. The maximum absolute atomic E-state index is 3.69. The standard InChI is InChI=1S/C13H17BrN2/c1-3-9-4-5-11-10(8-9)13(14)12(16-11)6-7-15-2/h4-5,8,15-16H,3,6-7H2,1-2H3. The molecular formula is C13H17BrN2. The lowest BCUT2D eigenvalue weighted by molar-refractivity contribution is 0.779. The predicted octanol–water partition coefficient (Wildman–Crippen LogP) is 3.25. The number of hydrogen-bond acceptors (Lipinski definition) is 1. The van der Waals surface area contributed by atoms with Crippen molar-refractivity contribution in [3.8, 4) is 0 Å². The molecule has 0 atom stereocenters. The number of aromatic amines is 1. The van der Waals surface area contributed by atoms with Gasteiger partial charge in [0.1, 0.15) is 0 Å². The first-order valence-electron chi connectivity index (χ1n) is 5.69. The molecule has 1 aromatic heterocycles. The molecule has 0 aliphatic rings. The Hall–Kier alpha value is -0.800. The number of benzene rings is 1. The fourth-order valence-corrected chi connectivity index (χ4v) is 2.53. The van der Waals surface area contributed by atoms with Crippen LogP contribution in [0.5, 0.6) is 0 Å². The molecule has 2 N–H and O–H groups in total. The Morgan fingerprint density at radius 1 is 1.38 bits per heavy atom. The minimum atomic E-state index is 0.992. The van der Waals surface area contributed by atoms with Gasteiger partial charge in [-0.15, -0.1) is 0 Å². The molecular weight excluding hydrogens is 264 g/mol. The Bertz CT molecular complexity index is 488. The third kappa shape index (κ3) is 2.15. The normalized spacial score (nSPS) is 11.2. The SMILES string of the molecule is CCc1ccc2[nH]c(CCNC)c(Br)c2c1. The third-order valence-corrected chi connectivity index (χ3v) is 3.81. The van der Waals surface area contributed by atoms with E-state index in [1.807, 2.05) is 7.05 Å². The number of halogens is 1. The van der Waals surface area contributed by atoms with Gasteiger partial charge in [0.15, 0.2) is 0 Å². The third-order valence-electron chi connectivity index (χ3n) is 2.90. The number of H-pyrrole nitrogens is 1. The number of aryl methyl sites for hydroxylation is 1. The summed E-state index contributed by atoms with van der Waals surface area (Å²) in [7, 11) is 1.98. The van der Waals surface area contributed by atoms with Crippen LogP contribution in [0.1, 0.15) is 18.2 Å². The zero-order valence-corrected chi connectivity index (χ0v) is 11.3. The van der Waals surface area contributed by atoms with E-state index in [0.717, 1.165) is 19.4 Å². The molecule has 0 saturated heterocycles. The van der Waals surface area contributed by atoms with E-state index in [2.05, 4.69) is 51.4 Å². The molecule has 0 aliphatic heterocycles. The quantitative estimate of drug-likeness (QED) is 0.884. The van der Waals surface area contributed by atoms with E-state index in [1.165, 1.54) is 26.6 Å². The molecule has 0 fully saturated rings. The Morgan fingerprint density at radius 3 is 2.88 bits per heavy atom.